The van der Waals surface area contributed by atoms with Gasteiger partial charge in [-0.05, 0) is 17.5 Å². The zero-order valence-corrected chi connectivity index (χ0v) is 16.5. The SMILES string of the molecule is CC(C)(C)CC(=O)NCCS(=O)(=O)N1CCN(c2ccccc2F)CC1. The van der Waals surface area contributed by atoms with Gasteiger partial charge in [-0.3, -0.25) is 4.79 Å². The highest BCUT2D eigenvalue weighted by Gasteiger charge is 2.27. The third kappa shape index (κ3) is 5.95. The number of piperazine rings is 1. The first-order chi connectivity index (χ1) is 12.1. The summed E-state index contributed by atoms with van der Waals surface area (Å²) in [6.07, 6.45) is 0.356. The van der Waals surface area contributed by atoms with Crippen molar-refractivity contribution in [3.63, 3.8) is 0 Å². The average Bonchev–Trinajstić information content (AvgIpc) is 2.53. The molecule has 26 heavy (non-hydrogen) atoms. The van der Waals surface area contributed by atoms with Crippen molar-refractivity contribution in [1.29, 1.82) is 0 Å². The zero-order valence-electron chi connectivity index (χ0n) is 15.7. The molecule has 0 aromatic heterocycles. The maximum absolute atomic E-state index is 13.9. The molecule has 2 rings (SSSR count). The smallest absolute Gasteiger partial charge is 0.220 e. The predicted molar refractivity (Wildman–Crippen MR) is 101 cm³/mol. The van der Waals surface area contributed by atoms with Crippen LogP contribution in [0.3, 0.4) is 0 Å². The van der Waals surface area contributed by atoms with E-state index in [2.05, 4.69) is 5.32 Å². The lowest BCUT2D eigenvalue weighted by Gasteiger charge is -2.35. The number of benzene rings is 1. The van der Waals surface area contributed by atoms with Crippen molar-refractivity contribution in [2.75, 3.05) is 43.4 Å². The van der Waals surface area contributed by atoms with Crippen LogP contribution < -0.4 is 10.2 Å². The quantitative estimate of drug-likeness (QED) is 0.811. The first-order valence-corrected chi connectivity index (χ1v) is 10.4. The number of hydrogen-bond donors (Lipinski definition) is 1. The van der Waals surface area contributed by atoms with Crippen molar-refractivity contribution < 1.29 is 17.6 Å². The molecule has 1 N–H and O–H groups in total. The fourth-order valence-corrected chi connectivity index (χ4v) is 4.25. The molecule has 8 heteroatoms. The third-order valence-electron chi connectivity index (χ3n) is 4.20. The van der Waals surface area contributed by atoms with Crippen LogP contribution in [0.2, 0.25) is 0 Å². The highest BCUT2D eigenvalue weighted by atomic mass is 32.2. The van der Waals surface area contributed by atoms with E-state index in [1.165, 1.54) is 10.4 Å². The summed E-state index contributed by atoms with van der Waals surface area (Å²) in [6, 6.07) is 6.50. The molecule has 6 nitrogen and oxygen atoms in total. The molecular weight excluding hydrogens is 357 g/mol. The average molecular weight is 386 g/mol. The first-order valence-electron chi connectivity index (χ1n) is 8.82. The lowest BCUT2D eigenvalue weighted by Crippen LogP contribution is -2.50. The molecule has 0 atom stereocenters. The van der Waals surface area contributed by atoms with Crippen LogP contribution in [0.15, 0.2) is 24.3 Å². The second-order valence-electron chi connectivity index (χ2n) is 7.74. The normalized spacial score (nSPS) is 16.5. The Bertz CT molecular complexity index is 723. The van der Waals surface area contributed by atoms with Gasteiger partial charge in [0.25, 0.3) is 0 Å². The number of carbonyl (C=O) groups is 1. The molecule has 1 heterocycles. The van der Waals surface area contributed by atoms with Crippen molar-refractivity contribution in [2.45, 2.75) is 27.2 Å². The van der Waals surface area contributed by atoms with Crippen LogP contribution in [0.5, 0.6) is 0 Å². The fraction of sp³-hybridized carbons (Fsp3) is 0.611. The Morgan fingerprint density at radius 3 is 2.35 bits per heavy atom. The summed E-state index contributed by atoms with van der Waals surface area (Å²) in [5.74, 6) is -0.565. The van der Waals surface area contributed by atoms with Gasteiger partial charge < -0.3 is 10.2 Å². The molecule has 146 valence electrons. The Hall–Kier alpha value is -1.67. The van der Waals surface area contributed by atoms with E-state index in [1.54, 1.807) is 18.2 Å². The second-order valence-corrected chi connectivity index (χ2v) is 9.83. The summed E-state index contributed by atoms with van der Waals surface area (Å²) < 4.78 is 40.2. The molecule has 1 saturated heterocycles. The van der Waals surface area contributed by atoms with Gasteiger partial charge in [-0.25, -0.2) is 12.8 Å². The Morgan fingerprint density at radius 1 is 1.15 bits per heavy atom. The molecule has 1 aromatic carbocycles. The van der Waals surface area contributed by atoms with E-state index in [9.17, 15) is 17.6 Å². The number of hydrogen-bond acceptors (Lipinski definition) is 4. The summed E-state index contributed by atoms with van der Waals surface area (Å²) in [4.78, 5) is 13.6. The summed E-state index contributed by atoms with van der Waals surface area (Å²) in [5, 5.41) is 2.67. The molecule has 0 spiro atoms. The molecule has 0 bridgehead atoms. The second kappa shape index (κ2) is 8.35. The summed E-state index contributed by atoms with van der Waals surface area (Å²) in [6.45, 7) is 7.48. The van der Waals surface area contributed by atoms with Gasteiger partial charge in [0.05, 0.1) is 11.4 Å². The van der Waals surface area contributed by atoms with Crippen LogP contribution in [0, 0.1) is 11.2 Å². The largest absolute Gasteiger partial charge is 0.367 e. The maximum atomic E-state index is 13.9. The first kappa shape index (κ1) is 20.6. The number of halogens is 1. The Kier molecular flexibility index (Phi) is 6.63. The van der Waals surface area contributed by atoms with Gasteiger partial charge in [0.15, 0.2) is 0 Å². The number of amides is 1. The lowest BCUT2D eigenvalue weighted by molar-refractivity contribution is -0.122. The fourth-order valence-electron chi connectivity index (χ4n) is 2.91. The molecule has 1 fully saturated rings. The number of para-hydroxylation sites is 1. The van der Waals surface area contributed by atoms with Gasteiger partial charge in [-0.15, -0.1) is 0 Å². The van der Waals surface area contributed by atoms with E-state index < -0.39 is 10.0 Å². The summed E-state index contributed by atoms with van der Waals surface area (Å²) in [7, 11) is -3.44. The van der Waals surface area contributed by atoms with Crippen LogP contribution in [0.4, 0.5) is 10.1 Å². The third-order valence-corrected chi connectivity index (χ3v) is 6.07. The van der Waals surface area contributed by atoms with E-state index in [-0.39, 0.29) is 29.4 Å². The van der Waals surface area contributed by atoms with Crippen LogP contribution >= 0.6 is 0 Å². The highest BCUT2D eigenvalue weighted by molar-refractivity contribution is 7.89. The van der Waals surface area contributed by atoms with Gasteiger partial charge in [0.1, 0.15) is 5.82 Å². The number of anilines is 1. The number of sulfonamides is 1. The molecule has 1 aliphatic rings. The number of carbonyl (C=O) groups excluding carboxylic acids is 1. The minimum Gasteiger partial charge on any atom is -0.367 e. The Morgan fingerprint density at radius 2 is 1.77 bits per heavy atom. The lowest BCUT2D eigenvalue weighted by atomic mass is 9.92. The van der Waals surface area contributed by atoms with E-state index in [4.69, 9.17) is 0 Å². The molecule has 1 aromatic rings. The monoisotopic (exact) mass is 385 g/mol. The van der Waals surface area contributed by atoms with Crippen molar-refractivity contribution in [3.8, 4) is 0 Å². The Balaban J connectivity index is 1.82. The van der Waals surface area contributed by atoms with Crippen LogP contribution in [-0.2, 0) is 14.8 Å². The van der Waals surface area contributed by atoms with E-state index in [0.717, 1.165) is 0 Å². The van der Waals surface area contributed by atoms with Crippen molar-refractivity contribution in [3.05, 3.63) is 30.1 Å². The molecule has 1 aliphatic heterocycles. The van der Waals surface area contributed by atoms with Crippen LogP contribution in [-0.4, -0.2) is 57.1 Å². The predicted octanol–water partition coefficient (Wildman–Crippen LogP) is 1.83. The van der Waals surface area contributed by atoms with E-state index in [0.29, 0.717) is 38.3 Å². The summed E-state index contributed by atoms with van der Waals surface area (Å²) >= 11 is 0. The number of nitrogens with one attached hydrogen (secondary N) is 1. The van der Waals surface area contributed by atoms with Gasteiger partial charge in [-0.1, -0.05) is 32.9 Å². The standard InChI is InChI=1S/C18H28FN3O3S/c1-18(2,3)14-17(23)20-8-13-26(24,25)22-11-9-21(10-12-22)16-7-5-4-6-15(16)19/h4-7H,8-14H2,1-3H3,(H,20,23). The van der Waals surface area contributed by atoms with Crippen LogP contribution in [0.1, 0.15) is 27.2 Å². The van der Waals surface area contributed by atoms with E-state index >= 15 is 0 Å². The van der Waals surface area contributed by atoms with Crippen molar-refractivity contribution >= 4 is 21.6 Å². The van der Waals surface area contributed by atoms with Gasteiger partial charge in [-0.2, -0.15) is 4.31 Å². The van der Waals surface area contributed by atoms with E-state index in [1.807, 2.05) is 25.7 Å². The van der Waals surface area contributed by atoms with Gasteiger partial charge >= 0.3 is 0 Å². The highest BCUT2D eigenvalue weighted by Crippen LogP contribution is 2.21. The topological polar surface area (TPSA) is 69.7 Å². The Labute approximate surface area is 155 Å². The molecule has 0 radical (unpaired) electrons. The maximum Gasteiger partial charge on any atom is 0.220 e. The molecule has 1 amide bonds. The number of rotatable bonds is 6. The number of nitrogens with zero attached hydrogens (tertiary/aromatic N) is 2. The minimum absolute atomic E-state index is 0.102. The van der Waals surface area contributed by atoms with Crippen molar-refractivity contribution in [1.82, 2.24) is 9.62 Å². The van der Waals surface area contributed by atoms with Gasteiger partial charge in [0, 0.05) is 39.1 Å². The molecular formula is C18H28FN3O3S. The minimum atomic E-state index is -3.44. The van der Waals surface area contributed by atoms with Crippen molar-refractivity contribution in [2.24, 2.45) is 5.41 Å². The molecule has 0 unspecified atom stereocenters. The molecule has 0 saturated carbocycles. The summed E-state index contributed by atoms with van der Waals surface area (Å²) in [5.41, 5.74) is 0.366. The van der Waals surface area contributed by atoms with Gasteiger partial charge in [0.2, 0.25) is 15.9 Å². The zero-order chi connectivity index (χ0) is 19.4. The molecule has 0 aliphatic carbocycles. The van der Waals surface area contributed by atoms with Crippen LogP contribution in [0.25, 0.3) is 0 Å².